The molecule has 1 aromatic carbocycles. The second-order valence-corrected chi connectivity index (χ2v) is 8.49. The van der Waals surface area contributed by atoms with Gasteiger partial charge in [0.2, 0.25) is 0 Å². The van der Waals surface area contributed by atoms with Crippen molar-refractivity contribution < 1.29 is 4.92 Å². The highest BCUT2D eigenvalue weighted by Crippen LogP contribution is 2.54. The molecule has 0 radical (unpaired) electrons. The second-order valence-electron chi connectivity index (χ2n) is 8.49. The standard InChI is InChI=1S/C18H27N3O2/c1-17(2)8-15-9-18(3,11-17)12-20(15)16(10-19)13-5-4-6-14(7-13)21(22)23/h4-7,15-16H,8-12,19H2,1-3H3. The Morgan fingerprint density at radius 1 is 1.39 bits per heavy atom. The normalized spacial score (nSPS) is 31.0. The number of nitro benzene ring substituents is 1. The first-order chi connectivity index (χ1) is 10.7. The van der Waals surface area contributed by atoms with Crippen LogP contribution in [0.15, 0.2) is 24.3 Å². The van der Waals surface area contributed by atoms with Crippen molar-refractivity contribution >= 4 is 5.69 Å². The molecule has 2 bridgehead atoms. The molecule has 3 unspecified atom stereocenters. The molecule has 1 aliphatic carbocycles. The van der Waals surface area contributed by atoms with Crippen molar-refractivity contribution in [1.29, 1.82) is 0 Å². The van der Waals surface area contributed by atoms with E-state index in [9.17, 15) is 10.1 Å². The van der Waals surface area contributed by atoms with Crippen LogP contribution in [0.5, 0.6) is 0 Å². The van der Waals surface area contributed by atoms with E-state index < -0.39 is 0 Å². The van der Waals surface area contributed by atoms with E-state index in [1.54, 1.807) is 18.2 Å². The number of fused-ring (bicyclic) bond motifs is 2. The molecule has 1 saturated heterocycles. The molecule has 5 nitrogen and oxygen atoms in total. The van der Waals surface area contributed by atoms with E-state index in [0.29, 0.717) is 23.4 Å². The lowest BCUT2D eigenvalue weighted by molar-refractivity contribution is -0.385. The van der Waals surface area contributed by atoms with Crippen molar-refractivity contribution in [2.24, 2.45) is 16.6 Å². The average molecular weight is 317 g/mol. The fraction of sp³-hybridized carbons (Fsp3) is 0.667. The lowest BCUT2D eigenvalue weighted by Crippen LogP contribution is -2.39. The highest BCUT2D eigenvalue weighted by Gasteiger charge is 2.51. The third-order valence-corrected chi connectivity index (χ3v) is 5.54. The van der Waals surface area contributed by atoms with Crippen molar-refractivity contribution in [1.82, 2.24) is 4.90 Å². The molecule has 1 saturated carbocycles. The number of benzene rings is 1. The monoisotopic (exact) mass is 317 g/mol. The molecule has 2 aliphatic rings. The Hall–Kier alpha value is -1.46. The van der Waals surface area contributed by atoms with Crippen LogP contribution < -0.4 is 5.73 Å². The molecule has 0 amide bonds. The van der Waals surface area contributed by atoms with Crippen molar-refractivity contribution in [3.05, 3.63) is 39.9 Å². The quantitative estimate of drug-likeness (QED) is 0.681. The first-order valence-corrected chi connectivity index (χ1v) is 8.43. The predicted molar refractivity (Wildman–Crippen MR) is 91.1 cm³/mol. The fourth-order valence-corrected chi connectivity index (χ4v) is 5.18. The molecule has 23 heavy (non-hydrogen) atoms. The lowest BCUT2D eigenvalue weighted by atomic mass is 9.65. The Morgan fingerprint density at radius 3 is 2.78 bits per heavy atom. The van der Waals surface area contributed by atoms with Gasteiger partial charge in [-0.2, -0.15) is 0 Å². The van der Waals surface area contributed by atoms with E-state index in [0.717, 1.165) is 12.1 Å². The van der Waals surface area contributed by atoms with Gasteiger partial charge in [-0.3, -0.25) is 15.0 Å². The van der Waals surface area contributed by atoms with Crippen LogP contribution >= 0.6 is 0 Å². The zero-order chi connectivity index (χ0) is 16.8. The maximum Gasteiger partial charge on any atom is 0.269 e. The van der Waals surface area contributed by atoms with Gasteiger partial charge in [-0.05, 0) is 35.7 Å². The number of nitro groups is 1. The minimum absolute atomic E-state index is 0.0654. The van der Waals surface area contributed by atoms with Crippen LogP contribution in [0, 0.1) is 20.9 Å². The molecule has 2 fully saturated rings. The Bertz CT molecular complexity index is 616. The molecular weight excluding hydrogens is 290 g/mol. The number of hydrogen-bond donors (Lipinski definition) is 1. The summed E-state index contributed by atoms with van der Waals surface area (Å²) in [5.74, 6) is 0. The molecule has 1 heterocycles. The number of nitrogens with zero attached hydrogens (tertiary/aromatic N) is 2. The summed E-state index contributed by atoms with van der Waals surface area (Å²) >= 11 is 0. The smallest absolute Gasteiger partial charge is 0.269 e. The first-order valence-electron chi connectivity index (χ1n) is 8.43. The maximum atomic E-state index is 11.1. The molecule has 126 valence electrons. The van der Waals surface area contributed by atoms with Crippen LogP contribution in [0.3, 0.4) is 0 Å². The first kappa shape index (κ1) is 16.4. The van der Waals surface area contributed by atoms with Crippen LogP contribution in [0.4, 0.5) is 5.69 Å². The van der Waals surface area contributed by atoms with Gasteiger partial charge in [0.05, 0.1) is 4.92 Å². The number of likely N-dealkylation sites (tertiary alicyclic amines) is 1. The molecule has 1 aliphatic heterocycles. The highest BCUT2D eigenvalue weighted by atomic mass is 16.6. The summed E-state index contributed by atoms with van der Waals surface area (Å²) in [4.78, 5) is 13.2. The van der Waals surface area contributed by atoms with Gasteiger partial charge in [-0.15, -0.1) is 0 Å². The SMILES string of the molecule is CC1(C)CC2CC(C)(CN2C(CN)c2cccc([N+](=O)[O-])c2)C1. The largest absolute Gasteiger partial charge is 0.329 e. The molecule has 0 spiro atoms. The van der Waals surface area contributed by atoms with Crippen LogP contribution in [-0.4, -0.2) is 29.0 Å². The number of non-ortho nitro benzene ring substituents is 1. The zero-order valence-electron chi connectivity index (χ0n) is 14.3. The van der Waals surface area contributed by atoms with Crippen LogP contribution in [0.1, 0.15) is 51.6 Å². The third-order valence-electron chi connectivity index (χ3n) is 5.54. The van der Waals surface area contributed by atoms with Gasteiger partial charge in [-0.1, -0.05) is 32.9 Å². The van der Waals surface area contributed by atoms with Gasteiger partial charge in [-0.25, -0.2) is 0 Å². The fourth-order valence-electron chi connectivity index (χ4n) is 5.18. The summed E-state index contributed by atoms with van der Waals surface area (Å²) in [5.41, 5.74) is 7.90. The third kappa shape index (κ3) is 3.12. The van der Waals surface area contributed by atoms with Gasteiger partial charge in [0, 0.05) is 37.3 Å². The Morgan fingerprint density at radius 2 is 2.13 bits per heavy atom. The van der Waals surface area contributed by atoms with E-state index in [-0.39, 0.29) is 16.7 Å². The van der Waals surface area contributed by atoms with Gasteiger partial charge in [0.25, 0.3) is 5.69 Å². The Kier molecular flexibility index (Phi) is 3.97. The van der Waals surface area contributed by atoms with Crippen molar-refractivity contribution in [3.8, 4) is 0 Å². The minimum Gasteiger partial charge on any atom is -0.329 e. The van der Waals surface area contributed by atoms with E-state index in [1.807, 2.05) is 6.07 Å². The lowest BCUT2D eigenvalue weighted by Gasteiger charge is -2.40. The molecule has 3 atom stereocenters. The van der Waals surface area contributed by atoms with Crippen molar-refractivity contribution in [2.45, 2.75) is 52.1 Å². The van der Waals surface area contributed by atoms with Gasteiger partial charge < -0.3 is 5.73 Å². The van der Waals surface area contributed by atoms with Crippen LogP contribution in [0.25, 0.3) is 0 Å². The van der Waals surface area contributed by atoms with Crippen LogP contribution in [0.2, 0.25) is 0 Å². The average Bonchev–Trinajstić information content (AvgIpc) is 2.69. The van der Waals surface area contributed by atoms with Gasteiger partial charge in [0.15, 0.2) is 0 Å². The summed E-state index contributed by atoms with van der Waals surface area (Å²) < 4.78 is 0. The Balaban J connectivity index is 1.90. The molecule has 0 aromatic heterocycles. The van der Waals surface area contributed by atoms with Gasteiger partial charge in [0.1, 0.15) is 0 Å². The van der Waals surface area contributed by atoms with Gasteiger partial charge >= 0.3 is 0 Å². The second kappa shape index (κ2) is 5.56. The van der Waals surface area contributed by atoms with Crippen LogP contribution in [-0.2, 0) is 0 Å². The molecule has 2 N–H and O–H groups in total. The number of hydrogen-bond acceptors (Lipinski definition) is 4. The Labute approximate surface area is 138 Å². The topological polar surface area (TPSA) is 72.4 Å². The highest BCUT2D eigenvalue weighted by molar-refractivity contribution is 5.36. The summed E-state index contributed by atoms with van der Waals surface area (Å²) in [7, 11) is 0. The predicted octanol–water partition coefficient (Wildman–Crippen LogP) is 3.50. The number of nitrogens with two attached hydrogens (primary N) is 1. The molecule has 3 rings (SSSR count). The van der Waals surface area contributed by atoms with E-state index in [4.69, 9.17) is 5.73 Å². The molecular formula is C18H27N3O2. The minimum atomic E-state index is -0.330. The zero-order valence-corrected chi connectivity index (χ0v) is 14.3. The van der Waals surface area contributed by atoms with E-state index in [2.05, 4.69) is 25.7 Å². The van der Waals surface area contributed by atoms with E-state index in [1.165, 1.54) is 19.3 Å². The number of rotatable bonds is 4. The van der Waals surface area contributed by atoms with Crippen molar-refractivity contribution in [3.63, 3.8) is 0 Å². The summed E-state index contributed by atoms with van der Waals surface area (Å²) in [6.45, 7) is 8.61. The van der Waals surface area contributed by atoms with Crippen molar-refractivity contribution in [2.75, 3.05) is 13.1 Å². The summed E-state index contributed by atoms with van der Waals surface area (Å²) in [6, 6.07) is 7.56. The van der Waals surface area contributed by atoms with E-state index >= 15 is 0 Å². The summed E-state index contributed by atoms with van der Waals surface area (Å²) in [5, 5.41) is 11.1. The molecule has 5 heteroatoms. The maximum absolute atomic E-state index is 11.1. The summed E-state index contributed by atoms with van der Waals surface area (Å²) in [6.07, 6.45) is 3.62. The molecule has 1 aromatic rings.